The molecule has 0 unspecified atom stereocenters. The number of fused-ring (bicyclic) bond motifs is 7. The summed E-state index contributed by atoms with van der Waals surface area (Å²) < 4.78 is 171. The van der Waals surface area contributed by atoms with Crippen molar-refractivity contribution in [2.75, 3.05) is 0 Å². The Hall–Kier alpha value is -6.56. The number of ether oxygens (including phenoxy) is 1. The molecule has 0 N–H and O–H groups in total. The molecule has 1 aromatic heterocycles. The number of rotatable bonds is 5. The molecule has 0 saturated carbocycles. The van der Waals surface area contributed by atoms with Crippen LogP contribution in [0.5, 0.6) is 17.2 Å². The fraction of sp³-hybridized carbons (Fsp3) is 0. The van der Waals surface area contributed by atoms with Crippen LogP contribution in [0.2, 0.25) is 0 Å². The van der Waals surface area contributed by atoms with Gasteiger partial charge in [0.25, 0.3) is 0 Å². The lowest BCUT2D eigenvalue weighted by atomic mass is 9.51. The third kappa shape index (κ3) is 4.41. The minimum Gasteiger partial charge on any atom is -0.551 e. The number of para-hydroxylation sites is 3. The van der Waals surface area contributed by atoms with Gasteiger partial charge in [-0.1, -0.05) is 157 Å². The van der Waals surface area contributed by atoms with Crippen LogP contribution in [0, 0.1) is 0 Å². The van der Waals surface area contributed by atoms with Crippen LogP contribution < -0.4 is 41.1 Å². The number of nitrogens with zero attached hydrogens (tertiary/aromatic N) is 1. The monoisotopic (exact) mass is 710 g/mol. The van der Waals surface area contributed by atoms with Gasteiger partial charge < -0.3 is 14.0 Å². The van der Waals surface area contributed by atoms with E-state index in [0.29, 0.717) is 0 Å². The first-order valence-corrected chi connectivity index (χ1v) is 18.8. The normalized spacial score (nSPS) is 17.3. The van der Waals surface area contributed by atoms with E-state index in [-0.39, 0.29) is 61.6 Å². The third-order valence-electron chi connectivity index (χ3n) is 9.91. The van der Waals surface area contributed by atoms with Crippen LogP contribution in [0.15, 0.2) is 194 Å². The molecule has 9 aromatic rings. The Morgan fingerprint density at radius 2 is 1.06 bits per heavy atom. The zero-order valence-electron chi connectivity index (χ0n) is 44.5. The summed E-state index contributed by atoms with van der Waals surface area (Å²) in [5, 5.41) is 1.74. The third-order valence-corrected chi connectivity index (χ3v) is 14.5. The van der Waals surface area contributed by atoms with Crippen molar-refractivity contribution in [1.29, 1.82) is 0 Å². The highest BCUT2D eigenvalue weighted by molar-refractivity contribution is 7.20. The van der Waals surface area contributed by atoms with Crippen molar-refractivity contribution in [2.24, 2.45) is 0 Å². The van der Waals surface area contributed by atoms with Crippen LogP contribution in [0.1, 0.15) is 23.3 Å². The van der Waals surface area contributed by atoms with Gasteiger partial charge in [-0.15, -0.1) is 0 Å². The number of hydrogen-bond donors (Lipinski definition) is 0. The van der Waals surface area contributed by atoms with Gasteiger partial charge in [0.1, 0.15) is 17.2 Å². The first-order valence-electron chi connectivity index (χ1n) is 25.3. The van der Waals surface area contributed by atoms with E-state index in [0.717, 1.165) is 20.1 Å². The maximum atomic E-state index is 10.4. The van der Waals surface area contributed by atoms with Gasteiger partial charge in [0, 0.05) is 39.0 Å². The minimum atomic E-state index is -3.90. The summed E-state index contributed by atoms with van der Waals surface area (Å²) in [6, 6.07) is 17.2. The van der Waals surface area contributed by atoms with Gasteiger partial charge in [0.15, 0.2) is 8.07 Å². The Morgan fingerprint density at radius 1 is 0.491 bits per heavy atom. The van der Waals surface area contributed by atoms with Crippen LogP contribution in [0.4, 0.5) is 0 Å². The average molecular weight is 711 g/mol. The molecule has 3 heterocycles. The molecule has 5 heteroatoms. The minimum absolute atomic E-state index is 0.0546. The molecule has 0 atom stereocenters. The summed E-state index contributed by atoms with van der Waals surface area (Å²) in [6.07, 6.45) is 0. The molecule has 248 valence electrons. The highest BCUT2D eigenvalue weighted by atomic mass is 28.3. The molecule has 0 spiro atoms. The smallest absolute Gasteiger partial charge is 0.434 e. The Labute approximate surface area is 333 Å². The zero-order valence-corrected chi connectivity index (χ0v) is 28.5. The summed E-state index contributed by atoms with van der Waals surface area (Å²) in [6.45, 7) is -1.63. The van der Waals surface area contributed by atoms with Crippen molar-refractivity contribution in [3.8, 4) is 34.1 Å². The van der Waals surface area contributed by atoms with Crippen LogP contribution in [-0.4, -0.2) is 19.6 Å². The second-order valence-corrected chi connectivity index (χ2v) is 16.4. The molecule has 2 aliphatic rings. The fourth-order valence-electron chi connectivity index (χ4n) is 7.69. The molecule has 0 bridgehead atoms. The Morgan fingerprint density at radius 3 is 1.68 bits per heavy atom. The van der Waals surface area contributed by atoms with E-state index in [2.05, 4.69) is 0 Å². The highest BCUT2D eigenvalue weighted by Gasteiger charge is 2.46. The quantitative estimate of drug-likeness (QED) is 0.137. The topological polar surface area (TPSA) is 23.4 Å². The molecular weight excluding hydrogens is 661 g/mol. The van der Waals surface area contributed by atoms with Gasteiger partial charge in [-0.2, -0.15) is 0 Å². The van der Waals surface area contributed by atoms with E-state index in [1.54, 1.807) is 0 Å². The Bertz CT molecular complexity index is 3650. The molecule has 3 nitrogen and oxygen atoms in total. The first kappa shape index (κ1) is 17.8. The van der Waals surface area contributed by atoms with Crippen LogP contribution in [-0.2, 0) is 0 Å². The van der Waals surface area contributed by atoms with E-state index in [9.17, 15) is 8.22 Å². The SMILES string of the molecule is [2H]c1c([2H])c([2H])c2c(c1[2H])OB1c3c([2H])c([2H])c(-n4c5c([2H])c([2H])c([2H])c([2H])c5c5c([2H])c([2H])c([2H])c([2H])c54)c([2H])c3Oc3c([2H])c([Si](c4ccccc4)(c4ccccc4)c4ccccc4)c([2H])c-2c31. The maximum Gasteiger partial charge on any atom is 0.434 e. The molecule has 0 amide bonds. The molecule has 0 saturated heterocycles. The summed E-state index contributed by atoms with van der Waals surface area (Å²) in [5.74, 6) is -1.15. The van der Waals surface area contributed by atoms with Crippen molar-refractivity contribution in [2.45, 2.75) is 0 Å². The summed E-state index contributed by atoms with van der Waals surface area (Å²) in [7, 11) is -3.90. The number of hydrogen-bond acceptors (Lipinski definition) is 2. The van der Waals surface area contributed by atoms with Gasteiger partial charge in [-0.3, -0.25) is 0 Å². The van der Waals surface area contributed by atoms with Gasteiger partial charge in [-0.05, 0) is 56.5 Å². The second-order valence-electron chi connectivity index (χ2n) is 12.6. The van der Waals surface area contributed by atoms with E-state index >= 15 is 0 Å². The molecule has 2 aliphatic heterocycles. The molecule has 53 heavy (non-hydrogen) atoms. The summed E-state index contributed by atoms with van der Waals surface area (Å²) >= 11 is 0. The molecular formula is C48H32BNO2Si. The largest absolute Gasteiger partial charge is 0.551 e. The van der Waals surface area contributed by atoms with E-state index in [1.165, 1.54) is 0 Å². The fourth-order valence-corrected chi connectivity index (χ4v) is 12.2. The lowest BCUT2D eigenvalue weighted by molar-refractivity contribution is 0.479. The van der Waals surface area contributed by atoms with Gasteiger partial charge >= 0.3 is 6.92 Å². The summed E-state index contributed by atoms with van der Waals surface area (Å²) in [4.78, 5) is 0. The van der Waals surface area contributed by atoms with Gasteiger partial charge in [-0.25, -0.2) is 0 Å². The average Bonchev–Trinajstić information content (AvgIpc) is 3.73. The second kappa shape index (κ2) is 11.7. The van der Waals surface area contributed by atoms with Crippen molar-refractivity contribution in [3.05, 3.63) is 194 Å². The Kier molecular flexibility index (Phi) is 3.94. The molecule has 11 rings (SSSR count). The lowest BCUT2D eigenvalue weighted by Gasteiger charge is -2.38. The number of benzene rings is 8. The van der Waals surface area contributed by atoms with E-state index in [1.807, 2.05) is 91.0 Å². The van der Waals surface area contributed by atoms with Crippen molar-refractivity contribution in [3.63, 3.8) is 0 Å². The zero-order chi connectivity index (χ0) is 49.7. The van der Waals surface area contributed by atoms with Gasteiger partial charge in [0.2, 0.25) is 0 Å². The van der Waals surface area contributed by atoms with E-state index in [4.69, 9.17) is 24.5 Å². The molecule has 0 aliphatic carbocycles. The lowest BCUT2D eigenvalue weighted by Crippen LogP contribution is -2.75. The van der Waals surface area contributed by atoms with Crippen molar-refractivity contribution in [1.82, 2.24) is 4.57 Å². The maximum absolute atomic E-state index is 10.4. The van der Waals surface area contributed by atoms with Crippen LogP contribution in [0.25, 0.3) is 38.6 Å². The standard InChI is InChI=1S/C48H32BNO2Si/c1-4-16-34(17-5-1)53(35-18-6-2-7-19-35,36-20-8-3-9-21-36)37-31-41-40-24-12-15-27-45(40)52-49-42-29-28-33(30-46(42)51-47(32-37)48(41)49)50-43-25-13-10-22-38(43)39-23-11-14-26-44(39)50/h1-32H/i10D,11D,12D,13D,14D,15D,22D,23D,24D,25D,26D,27D,28D,29D,30D,31D,32D. The Balaban J connectivity index is 1.33. The predicted octanol–water partition coefficient (Wildman–Crippen LogP) is 7.43. The molecule has 8 aromatic carbocycles. The van der Waals surface area contributed by atoms with Crippen molar-refractivity contribution < 1.29 is 32.7 Å². The predicted molar refractivity (Wildman–Crippen MR) is 222 cm³/mol. The van der Waals surface area contributed by atoms with Crippen molar-refractivity contribution >= 4 is 68.5 Å². The van der Waals surface area contributed by atoms with Crippen LogP contribution in [0.3, 0.4) is 0 Å². The number of aromatic nitrogens is 1. The van der Waals surface area contributed by atoms with E-state index < -0.39 is 128 Å². The molecule has 0 radical (unpaired) electrons. The van der Waals surface area contributed by atoms with Gasteiger partial charge in [0.05, 0.1) is 34.3 Å². The highest BCUT2D eigenvalue weighted by Crippen LogP contribution is 2.40. The molecule has 0 fully saturated rings. The first-order chi connectivity index (χ1) is 33.4. The summed E-state index contributed by atoms with van der Waals surface area (Å²) in [5.41, 5.74) is -1.98. The van der Waals surface area contributed by atoms with Crippen LogP contribution >= 0.6 is 0 Å².